The molecule has 2 bridgehead atoms. The molecule has 6 heterocycles. The van der Waals surface area contributed by atoms with Gasteiger partial charge in [0.15, 0.2) is 5.65 Å². The number of rotatable bonds is 7. The van der Waals surface area contributed by atoms with Gasteiger partial charge >= 0.3 is 12.2 Å². The average Bonchev–Trinajstić information content (AvgIpc) is 3.51. The van der Waals surface area contributed by atoms with Crippen molar-refractivity contribution in [2.45, 2.75) is 115 Å². The van der Waals surface area contributed by atoms with Gasteiger partial charge in [-0.3, -0.25) is 0 Å². The van der Waals surface area contributed by atoms with Crippen LogP contribution in [0.3, 0.4) is 0 Å². The largest absolute Gasteiger partial charge is 0.444 e. The summed E-state index contributed by atoms with van der Waals surface area (Å²) >= 11 is 0. The van der Waals surface area contributed by atoms with Crippen molar-refractivity contribution in [3.8, 4) is 6.07 Å². The highest BCUT2D eigenvalue weighted by molar-refractivity contribution is 5.72. The van der Waals surface area contributed by atoms with Gasteiger partial charge in [0.1, 0.15) is 29.4 Å². The van der Waals surface area contributed by atoms with Crippen LogP contribution in [0.2, 0.25) is 0 Å². The summed E-state index contributed by atoms with van der Waals surface area (Å²) in [7, 11) is 0. The second-order valence-corrected chi connectivity index (χ2v) is 14.3. The predicted molar refractivity (Wildman–Crippen MR) is 167 cm³/mol. The van der Waals surface area contributed by atoms with Crippen molar-refractivity contribution in [1.82, 2.24) is 24.4 Å². The number of piperidine rings is 1. The van der Waals surface area contributed by atoms with E-state index in [1.165, 1.54) is 0 Å². The summed E-state index contributed by atoms with van der Waals surface area (Å²) in [5.41, 5.74) is 1.35. The van der Waals surface area contributed by atoms with Crippen LogP contribution in [0.1, 0.15) is 84.6 Å². The molecule has 2 aromatic heterocycles. The second-order valence-electron chi connectivity index (χ2n) is 14.3. The molecule has 0 aliphatic carbocycles. The first-order valence-electron chi connectivity index (χ1n) is 16.3. The SMILES string of the molecule is CC(C)c1cnn2c(NC3CC4CCC(C3)N4C(=O)OC3CN(C(=O)OC(C)(C)C)C3)cc(NCC3CCOC(C#N)C3)nc12. The fourth-order valence-corrected chi connectivity index (χ4v) is 6.96. The minimum absolute atomic E-state index is 0.0937. The van der Waals surface area contributed by atoms with E-state index in [0.29, 0.717) is 32.0 Å². The fourth-order valence-electron chi connectivity index (χ4n) is 6.96. The molecule has 2 aromatic rings. The quantitative estimate of drug-likeness (QED) is 0.444. The van der Waals surface area contributed by atoms with E-state index in [1.807, 2.05) is 42.4 Å². The van der Waals surface area contributed by atoms with Gasteiger partial charge in [-0.1, -0.05) is 13.8 Å². The van der Waals surface area contributed by atoms with Crippen LogP contribution in [-0.2, 0) is 14.2 Å². The topological polar surface area (TPSA) is 146 Å². The Labute approximate surface area is 264 Å². The molecule has 0 aromatic carbocycles. The molecule has 4 atom stereocenters. The molecule has 6 rings (SSSR count). The normalized spacial score (nSPS) is 26.8. The molecular formula is C32H46N8O5. The third-order valence-corrected chi connectivity index (χ3v) is 9.29. The Balaban J connectivity index is 1.09. The standard InChI is InChI=1S/C32H46N8O5/c1-19(2)26-16-35-40-28(13-27(37-29(26)40)34-15-20-8-9-43-24(10-20)14-33)36-21-11-22-6-7-23(12-21)39(22)31(42)44-25-17-38(18-25)30(41)45-32(3,4)5/h13,16,19-25,36H,6-12,15,17-18H2,1-5H3,(H,34,37). The summed E-state index contributed by atoms with van der Waals surface area (Å²) in [5.74, 6) is 2.25. The monoisotopic (exact) mass is 622 g/mol. The van der Waals surface area contributed by atoms with Crippen LogP contribution in [0, 0.1) is 17.2 Å². The van der Waals surface area contributed by atoms with Crippen molar-refractivity contribution in [2.24, 2.45) is 5.92 Å². The van der Waals surface area contributed by atoms with E-state index in [0.717, 1.165) is 61.5 Å². The molecule has 4 fully saturated rings. The van der Waals surface area contributed by atoms with Crippen LogP contribution < -0.4 is 10.6 Å². The van der Waals surface area contributed by atoms with Gasteiger partial charge in [0.05, 0.1) is 25.4 Å². The zero-order chi connectivity index (χ0) is 31.9. The molecular weight excluding hydrogens is 576 g/mol. The van der Waals surface area contributed by atoms with Gasteiger partial charge in [-0.2, -0.15) is 14.9 Å². The summed E-state index contributed by atoms with van der Waals surface area (Å²) in [5, 5.41) is 21.3. The average molecular weight is 623 g/mol. The number of carbonyl (C=O) groups excluding carboxylic acids is 2. The number of nitriles is 1. The lowest BCUT2D eigenvalue weighted by Crippen LogP contribution is -2.58. The molecule has 2 N–H and O–H groups in total. The van der Waals surface area contributed by atoms with Crippen LogP contribution in [0.15, 0.2) is 12.3 Å². The van der Waals surface area contributed by atoms with E-state index >= 15 is 0 Å². The van der Waals surface area contributed by atoms with Crippen molar-refractivity contribution < 1.29 is 23.8 Å². The first kappa shape index (κ1) is 31.2. The van der Waals surface area contributed by atoms with Gasteiger partial charge in [-0.05, 0) is 71.1 Å². The van der Waals surface area contributed by atoms with Crippen molar-refractivity contribution >= 4 is 29.5 Å². The van der Waals surface area contributed by atoms with E-state index < -0.39 is 5.60 Å². The Morgan fingerprint density at radius 1 is 1.13 bits per heavy atom. The number of likely N-dealkylation sites (tertiary alicyclic amines) is 1. The summed E-state index contributed by atoms with van der Waals surface area (Å²) in [4.78, 5) is 33.9. The first-order valence-corrected chi connectivity index (χ1v) is 16.3. The third kappa shape index (κ3) is 6.90. The van der Waals surface area contributed by atoms with Gasteiger partial charge in [0.2, 0.25) is 0 Å². The Kier molecular flexibility index (Phi) is 8.70. The number of aromatic nitrogens is 3. The minimum atomic E-state index is -0.557. The summed E-state index contributed by atoms with van der Waals surface area (Å²) in [6.45, 7) is 11.8. The number of carbonyl (C=O) groups is 2. The maximum atomic E-state index is 13.3. The predicted octanol–water partition coefficient (Wildman–Crippen LogP) is 4.75. The maximum Gasteiger partial charge on any atom is 0.410 e. The van der Waals surface area contributed by atoms with Crippen LogP contribution in [-0.4, -0.2) is 98.8 Å². The molecule has 0 saturated carbocycles. The van der Waals surface area contributed by atoms with Crippen LogP contribution >= 0.6 is 0 Å². The number of amides is 2. The third-order valence-electron chi connectivity index (χ3n) is 9.29. The van der Waals surface area contributed by atoms with Gasteiger partial charge < -0.3 is 34.6 Å². The lowest BCUT2D eigenvalue weighted by molar-refractivity contribution is -0.0485. The number of hydrogen-bond donors (Lipinski definition) is 2. The Hall–Kier alpha value is -3.79. The Morgan fingerprint density at radius 3 is 2.53 bits per heavy atom. The molecule has 4 unspecified atom stereocenters. The summed E-state index contributed by atoms with van der Waals surface area (Å²) in [6, 6.07) is 4.60. The lowest BCUT2D eigenvalue weighted by Gasteiger charge is -2.42. The number of ether oxygens (including phenoxy) is 3. The molecule has 45 heavy (non-hydrogen) atoms. The molecule has 0 radical (unpaired) electrons. The first-order chi connectivity index (χ1) is 21.5. The van der Waals surface area contributed by atoms with Crippen molar-refractivity contribution in [1.29, 1.82) is 5.26 Å². The van der Waals surface area contributed by atoms with Gasteiger partial charge in [-0.25, -0.2) is 14.6 Å². The van der Waals surface area contributed by atoms with Crippen LogP contribution in [0.5, 0.6) is 0 Å². The second kappa shape index (κ2) is 12.5. The fraction of sp³-hybridized carbons (Fsp3) is 0.719. The Bertz CT molecular complexity index is 1430. The van der Waals surface area contributed by atoms with Crippen LogP contribution in [0.25, 0.3) is 5.65 Å². The highest BCUT2D eigenvalue weighted by Crippen LogP contribution is 2.38. The zero-order valence-corrected chi connectivity index (χ0v) is 27.0. The molecule has 13 nitrogen and oxygen atoms in total. The van der Waals surface area contributed by atoms with Crippen LogP contribution in [0.4, 0.5) is 21.2 Å². The van der Waals surface area contributed by atoms with Crippen molar-refractivity contribution in [3.63, 3.8) is 0 Å². The minimum Gasteiger partial charge on any atom is -0.444 e. The van der Waals surface area contributed by atoms with E-state index in [2.05, 4.69) is 30.6 Å². The Morgan fingerprint density at radius 2 is 1.87 bits per heavy atom. The molecule has 4 aliphatic heterocycles. The summed E-state index contributed by atoms with van der Waals surface area (Å²) in [6.07, 6.45) is 5.71. The van der Waals surface area contributed by atoms with Gasteiger partial charge in [0, 0.05) is 42.9 Å². The molecule has 244 valence electrons. The van der Waals surface area contributed by atoms with E-state index in [9.17, 15) is 14.9 Å². The molecule has 2 amide bonds. The molecule has 4 aliphatic rings. The van der Waals surface area contributed by atoms with Crippen molar-refractivity contribution in [3.05, 3.63) is 17.8 Å². The van der Waals surface area contributed by atoms with E-state index in [-0.39, 0.29) is 48.4 Å². The maximum absolute atomic E-state index is 13.3. The number of fused-ring (bicyclic) bond motifs is 3. The summed E-state index contributed by atoms with van der Waals surface area (Å²) < 4.78 is 18.6. The van der Waals surface area contributed by atoms with E-state index in [1.54, 1.807) is 4.90 Å². The molecule has 13 heteroatoms. The number of nitrogens with one attached hydrogen (secondary N) is 2. The zero-order valence-electron chi connectivity index (χ0n) is 27.0. The van der Waals surface area contributed by atoms with Gasteiger partial charge in [-0.15, -0.1) is 0 Å². The number of hydrogen-bond acceptors (Lipinski definition) is 10. The highest BCUT2D eigenvalue weighted by atomic mass is 16.6. The van der Waals surface area contributed by atoms with E-state index in [4.69, 9.17) is 24.3 Å². The van der Waals surface area contributed by atoms with Gasteiger partial charge in [0.25, 0.3) is 0 Å². The number of anilines is 2. The number of nitrogens with zero attached hydrogens (tertiary/aromatic N) is 6. The molecule has 4 saturated heterocycles. The lowest BCUT2D eigenvalue weighted by atomic mass is 9.96. The smallest absolute Gasteiger partial charge is 0.410 e. The molecule has 0 spiro atoms. The van der Waals surface area contributed by atoms with Crippen molar-refractivity contribution in [2.75, 3.05) is 36.9 Å². The highest BCUT2D eigenvalue weighted by Gasteiger charge is 2.46.